The predicted molar refractivity (Wildman–Crippen MR) is 65.6 cm³/mol. The van der Waals surface area contributed by atoms with Gasteiger partial charge in [0, 0.05) is 12.1 Å². The van der Waals surface area contributed by atoms with E-state index in [2.05, 4.69) is 53.8 Å². The van der Waals surface area contributed by atoms with Crippen molar-refractivity contribution in [2.24, 2.45) is 11.3 Å². The Morgan fingerprint density at radius 2 is 1.57 bits per heavy atom. The van der Waals surface area contributed by atoms with Crippen LogP contribution in [0.15, 0.2) is 0 Å². The molecule has 1 heteroatoms. The van der Waals surface area contributed by atoms with Gasteiger partial charge < -0.3 is 5.32 Å². The lowest BCUT2D eigenvalue weighted by molar-refractivity contribution is 0.235. The molecule has 0 aromatic heterocycles. The molecule has 0 bridgehead atoms. The van der Waals surface area contributed by atoms with Gasteiger partial charge in [-0.2, -0.15) is 0 Å². The normalized spacial score (nSPS) is 15.6. The first-order valence-corrected chi connectivity index (χ1v) is 5.91. The van der Waals surface area contributed by atoms with Gasteiger partial charge in [-0.1, -0.05) is 34.1 Å². The summed E-state index contributed by atoms with van der Waals surface area (Å²) in [7, 11) is 0. The van der Waals surface area contributed by atoms with Crippen molar-refractivity contribution in [3.05, 3.63) is 0 Å². The first-order chi connectivity index (χ1) is 6.16. The molecule has 1 N–H and O–H groups in total. The minimum Gasteiger partial charge on any atom is -0.312 e. The zero-order valence-electron chi connectivity index (χ0n) is 11.2. The second kappa shape index (κ2) is 5.16. The lowest BCUT2D eigenvalue weighted by atomic mass is 9.82. The lowest BCUT2D eigenvalue weighted by Crippen LogP contribution is -2.42. The second-order valence-corrected chi connectivity index (χ2v) is 6.49. The van der Waals surface area contributed by atoms with Crippen molar-refractivity contribution in [2.75, 3.05) is 6.54 Å². The highest BCUT2D eigenvalue weighted by atomic mass is 14.9. The molecule has 1 atom stereocenters. The molecule has 0 radical (unpaired) electrons. The summed E-state index contributed by atoms with van der Waals surface area (Å²) in [5, 5.41) is 3.59. The molecule has 0 amide bonds. The maximum absolute atomic E-state index is 3.59. The van der Waals surface area contributed by atoms with E-state index in [1.807, 2.05) is 0 Å². The predicted octanol–water partition coefficient (Wildman–Crippen LogP) is 3.84. The Hall–Kier alpha value is -0.0400. The van der Waals surface area contributed by atoms with Gasteiger partial charge in [-0.25, -0.2) is 0 Å². The number of nitrogens with one attached hydrogen (secondary N) is 1. The van der Waals surface area contributed by atoms with E-state index in [0.717, 1.165) is 12.5 Å². The molecule has 0 saturated carbocycles. The molecule has 0 aliphatic carbocycles. The highest BCUT2D eigenvalue weighted by Crippen LogP contribution is 2.26. The van der Waals surface area contributed by atoms with Crippen LogP contribution in [0.2, 0.25) is 0 Å². The third kappa shape index (κ3) is 7.37. The van der Waals surface area contributed by atoms with Gasteiger partial charge in [-0.3, -0.25) is 0 Å². The molecule has 1 nitrogen and oxygen atoms in total. The smallest absolute Gasteiger partial charge is 0.00967 e. The van der Waals surface area contributed by atoms with E-state index in [0.29, 0.717) is 5.41 Å². The van der Waals surface area contributed by atoms with Crippen molar-refractivity contribution in [2.45, 2.75) is 66.8 Å². The Morgan fingerprint density at radius 3 is 1.93 bits per heavy atom. The highest BCUT2D eigenvalue weighted by Gasteiger charge is 2.22. The fraction of sp³-hybridized carbons (Fsp3) is 1.00. The molecule has 0 spiro atoms. The van der Waals surface area contributed by atoms with E-state index in [4.69, 9.17) is 0 Å². The van der Waals surface area contributed by atoms with Gasteiger partial charge in [-0.05, 0) is 38.5 Å². The fourth-order valence-corrected chi connectivity index (χ4v) is 1.66. The summed E-state index contributed by atoms with van der Waals surface area (Å²) < 4.78 is 0. The van der Waals surface area contributed by atoms with Crippen LogP contribution in [0.1, 0.15) is 61.3 Å². The summed E-state index contributed by atoms with van der Waals surface area (Å²) in [6.07, 6.45) is 2.60. The van der Waals surface area contributed by atoms with Gasteiger partial charge in [0.15, 0.2) is 0 Å². The zero-order chi connectivity index (χ0) is 11.4. The number of rotatable bonds is 5. The molecule has 1 unspecified atom stereocenters. The van der Waals surface area contributed by atoms with Gasteiger partial charge in [0.25, 0.3) is 0 Å². The van der Waals surface area contributed by atoms with Crippen molar-refractivity contribution >= 4 is 0 Å². The van der Waals surface area contributed by atoms with Gasteiger partial charge in [0.05, 0.1) is 0 Å². The van der Waals surface area contributed by atoms with Crippen LogP contribution in [0.3, 0.4) is 0 Å². The van der Waals surface area contributed by atoms with Crippen molar-refractivity contribution in [3.63, 3.8) is 0 Å². The first kappa shape index (κ1) is 14.0. The summed E-state index contributed by atoms with van der Waals surface area (Å²) >= 11 is 0. The Kier molecular flexibility index (Phi) is 5.14. The minimum absolute atomic E-state index is 0.243. The maximum atomic E-state index is 3.59. The van der Waals surface area contributed by atoms with Crippen LogP contribution >= 0.6 is 0 Å². The van der Waals surface area contributed by atoms with Crippen LogP contribution in [-0.2, 0) is 0 Å². The van der Waals surface area contributed by atoms with Gasteiger partial charge in [-0.15, -0.1) is 0 Å². The standard InChI is InChI=1S/C13H29N/c1-8-11(2)9-13(6,7)10-14-12(3,4)5/h11,14H,8-10H2,1-7H3. The van der Waals surface area contributed by atoms with E-state index in [1.54, 1.807) is 0 Å². The Balaban J connectivity index is 3.95. The van der Waals surface area contributed by atoms with Crippen LogP contribution in [0, 0.1) is 11.3 Å². The van der Waals surface area contributed by atoms with Crippen LogP contribution in [0.5, 0.6) is 0 Å². The SMILES string of the molecule is CCC(C)CC(C)(C)CNC(C)(C)C. The van der Waals surface area contributed by atoms with Crippen LogP contribution < -0.4 is 5.32 Å². The average Bonchev–Trinajstić information content (AvgIpc) is 1.99. The van der Waals surface area contributed by atoms with Crippen LogP contribution in [-0.4, -0.2) is 12.1 Å². The number of hydrogen-bond acceptors (Lipinski definition) is 1. The van der Waals surface area contributed by atoms with Crippen molar-refractivity contribution < 1.29 is 0 Å². The molecule has 0 fully saturated rings. The van der Waals surface area contributed by atoms with Gasteiger partial charge in [0.1, 0.15) is 0 Å². The summed E-state index contributed by atoms with van der Waals surface area (Å²) in [4.78, 5) is 0. The second-order valence-electron chi connectivity index (χ2n) is 6.49. The molecule has 0 aromatic carbocycles. The molecule has 86 valence electrons. The molecular weight excluding hydrogens is 170 g/mol. The topological polar surface area (TPSA) is 12.0 Å². The summed E-state index contributed by atoms with van der Waals surface area (Å²) in [6.45, 7) is 17.1. The minimum atomic E-state index is 0.243. The van der Waals surface area contributed by atoms with E-state index >= 15 is 0 Å². The average molecular weight is 199 g/mol. The Morgan fingerprint density at radius 1 is 1.07 bits per heavy atom. The zero-order valence-corrected chi connectivity index (χ0v) is 11.2. The van der Waals surface area contributed by atoms with Crippen molar-refractivity contribution in [3.8, 4) is 0 Å². The molecule has 0 heterocycles. The van der Waals surface area contributed by atoms with Gasteiger partial charge in [0.2, 0.25) is 0 Å². The maximum Gasteiger partial charge on any atom is 0.00967 e. The molecule has 0 aliphatic heterocycles. The summed E-state index contributed by atoms with van der Waals surface area (Å²) in [6, 6.07) is 0. The summed E-state index contributed by atoms with van der Waals surface area (Å²) in [5.74, 6) is 0.840. The monoisotopic (exact) mass is 199 g/mol. The van der Waals surface area contributed by atoms with Crippen LogP contribution in [0.25, 0.3) is 0 Å². The quantitative estimate of drug-likeness (QED) is 0.709. The fourth-order valence-electron chi connectivity index (χ4n) is 1.66. The molecule has 0 aromatic rings. The van der Waals surface area contributed by atoms with E-state index in [1.165, 1.54) is 12.8 Å². The summed E-state index contributed by atoms with van der Waals surface area (Å²) in [5.41, 5.74) is 0.662. The molecule has 14 heavy (non-hydrogen) atoms. The third-order valence-electron chi connectivity index (χ3n) is 2.70. The van der Waals surface area contributed by atoms with E-state index in [9.17, 15) is 0 Å². The largest absolute Gasteiger partial charge is 0.312 e. The van der Waals surface area contributed by atoms with Crippen molar-refractivity contribution in [1.29, 1.82) is 0 Å². The lowest BCUT2D eigenvalue weighted by Gasteiger charge is -2.32. The van der Waals surface area contributed by atoms with E-state index in [-0.39, 0.29) is 5.54 Å². The Bertz CT molecular complexity index is 153. The molecule has 0 aliphatic rings. The molecule has 0 rings (SSSR count). The highest BCUT2D eigenvalue weighted by molar-refractivity contribution is 4.79. The van der Waals surface area contributed by atoms with Crippen molar-refractivity contribution in [1.82, 2.24) is 5.32 Å². The first-order valence-electron chi connectivity index (χ1n) is 5.91. The molecular formula is C13H29N. The Labute approximate surface area is 90.7 Å². The van der Waals surface area contributed by atoms with Gasteiger partial charge >= 0.3 is 0 Å². The third-order valence-corrected chi connectivity index (χ3v) is 2.70. The van der Waals surface area contributed by atoms with E-state index < -0.39 is 0 Å². The number of hydrogen-bond donors (Lipinski definition) is 1. The molecule has 0 saturated heterocycles. The van der Waals surface area contributed by atoms with Crippen LogP contribution in [0.4, 0.5) is 0 Å².